The Morgan fingerprint density at radius 3 is 2.86 bits per heavy atom. The Morgan fingerprint density at radius 1 is 1.29 bits per heavy atom. The van der Waals surface area contributed by atoms with Crippen LogP contribution in [0.1, 0.15) is 15.9 Å². The van der Waals surface area contributed by atoms with E-state index in [0.29, 0.717) is 22.1 Å². The molecule has 2 aromatic rings. The van der Waals surface area contributed by atoms with Gasteiger partial charge in [0.2, 0.25) is 6.79 Å². The van der Waals surface area contributed by atoms with Gasteiger partial charge in [0, 0.05) is 14.8 Å². The van der Waals surface area contributed by atoms with E-state index in [2.05, 4.69) is 27.9 Å². The van der Waals surface area contributed by atoms with Gasteiger partial charge in [-0.2, -0.15) is 0 Å². The topological polar surface area (TPSA) is 47.6 Å². The molecule has 1 amide bonds. The molecule has 1 aliphatic rings. The molecule has 2 aromatic carbocycles. The quantitative estimate of drug-likeness (QED) is 0.747. The molecule has 0 saturated heterocycles. The average molecular weight is 416 g/mol. The Kier molecular flexibility index (Phi) is 3.95. The highest BCUT2D eigenvalue weighted by Crippen LogP contribution is 2.39. The number of carbonyl (C=O) groups excluding carboxylic acids is 1. The van der Waals surface area contributed by atoms with Crippen molar-refractivity contribution in [1.82, 2.24) is 0 Å². The number of amides is 1. The number of nitrogens with one attached hydrogen (secondary N) is 1. The monoisotopic (exact) mass is 415 g/mol. The van der Waals surface area contributed by atoms with E-state index in [0.717, 1.165) is 9.26 Å². The van der Waals surface area contributed by atoms with Gasteiger partial charge in [0.25, 0.3) is 5.91 Å². The van der Waals surface area contributed by atoms with Crippen molar-refractivity contribution in [2.75, 3.05) is 12.1 Å². The fourth-order valence-electron chi connectivity index (χ4n) is 1.97. The second kappa shape index (κ2) is 5.73. The number of benzene rings is 2. The summed E-state index contributed by atoms with van der Waals surface area (Å²) in [5, 5.41) is 3.22. The van der Waals surface area contributed by atoms with E-state index in [9.17, 15) is 4.79 Å². The van der Waals surface area contributed by atoms with Crippen LogP contribution in [0.15, 0.2) is 30.3 Å². The van der Waals surface area contributed by atoms with Crippen molar-refractivity contribution in [3.63, 3.8) is 0 Å². The van der Waals surface area contributed by atoms with Crippen LogP contribution in [0.25, 0.3) is 0 Å². The number of ether oxygens (including phenoxy) is 2. The number of carbonyl (C=O) groups is 1. The molecular formula is C15H11ClINO3. The zero-order valence-corrected chi connectivity index (χ0v) is 14.0. The minimum atomic E-state index is -0.241. The van der Waals surface area contributed by atoms with Gasteiger partial charge < -0.3 is 14.8 Å². The first-order valence-electron chi connectivity index (χ1n) is 6.21. The number of halogens is 2. The van der Waals surface area contributed by atoms with Crippen molar-refractivity contribution in [2.24, 2.45) is 0 Å². The van der Waals surface area contributed by atoms with Crippen molar-refractivity contribution in [1.29, 1.82) is 0 Å². The molecule has 6 heteroatoms. The third-order valence-corrected chi connectivity index (χ3v) is 4.56. The predicted molar refractivity (Wildman–Crippen MR) is 89.4 cm³/mol. The maximum absolute atomic E-state index is 12.3. The molecule has 0 fully saturated rings. The summed E-state index contributed by atoms with van der Waals surface area (Å²) in [6, 6.07) is 8.95. The van der Waals surface area contributed by atoms with Gasteiger partial charge in [0.05, 0.1) is 5.02 Å². The van der Waals surface area contributed by atoms with Crippen molar-refractivity contribution in [2.45, 2.75) is 6.92 Å². The van der Waals surface area contributed by atoms with Crippen LogP contribution in [0.5, 0.6) is 11.5 Å². The van der Waals surface area contributed by atoms with Gasteiger partial charge in [0.1, 0.15) is 0 Å². The van der Waals surface area contributed by atoms with E-state index in [4.69, 9.17) is 21.1 Å². The van der Waals surface area contributed by atoms with Crippen molar-refractivity contribution < 1.29 is 14.3 Å². The summed E-state index contributed by atoms with van der Waals surface area (Å²) in [7, 11) is 0. The summed E-state index contributed by atoms with van der Waals surface area (Å²) in [5.41, 5.74) is 2.34. The predicted octanol–water partition coefficient (Wildman–Crippen LogP) is 4.23. The first-order valence-corrected chi connectivity index (χ1v) is 7.67. The zero-order valence-electron chi connectivity index (χ0n) is 11.1. The van der Waals surface area contributed by atoms with E-state index in [1.807, 2.05) is 25.1 Å². The molecule has 0 atom stereocenters. The zero-order chi connectivity index (χ0) is 15.0. The van der Waals surface area contributed by atoms with Crippen LogP contribution in [-0.4, -0.2) is 12.7 Å². The summed E-state index contributed by atoms with van der Waals surface area (Å²) in [4.78, 5) is 12.3. The summed E-state index contributed by atoms with van der Waals surface area (Å²) in [6.45, 7) is 2.14. The lowest BCUT2D eigenvalue weighted by Gasteiger charge is -2.08. The number of hydrogen-bond acceptors (Lipinski definition) is 3. The lowest BCUT2D eigenvalue weighted by atomic mass is 10.1. The fraction of sp³-hybridized carbons (Fsp3) is 0.133. The Labute approximate surface area is 140 Å². The summed E-state index contributed by atoms with van der Waals surface area (Å²) < 4.78 is 11.6. The number of fused-ring (bicyclic) bond motifs is 1. The average Bonchev–Trinajstić information content (AvgIpc) is 2.92. The molecular weight excluding hydrogens is 405 g/mol. The highest BCUT2D eigenvalue weighted by Gasteiger charge is 2.20. The molecule has 0 aliphatic carbocycles. The van der Waals surface area contributed by atoms with E-state index in [1.54, 1.807) is 12.1 Å². The van der Waals surface area contributed by atoms with Crippen molar-refractivity contribution >= 4 is 45.8 Å². The van der Waals surface area contributed by atoms with E-state index in [-0.39, 0.29) is 12.7 Å². The summed E-state index contributed by atoms with van der Waals surface area (Å²) in [5.74, 6) is 0.735. The van der Waals surface area contributed by atoms with E-state index in [1.165, 1.54) is 5.56 Å². The van der Waals surface area contributed by atoms with E-state index < -0.39 is 0 Å². The minimum Gasteiger partial charge on any atom is -0.454 e. The van der Waals surface area contributed by atoms with Crippen LogP contribution >= 0.6 is 34.2 Å². The number of aryl methyl sites for hydroxylation is 1. The SMILES string of the molecule is Cc1ccc(NC(=O)c2cc(Cl)c3c(c2)OCO3)cc1I. The molecule has 0 radical (unpaired) electrons. The highest BCUT2D eigenvalue weighted by molar-refractivity contribution is 14.1. The largest absolute Gasteiger partial charge is 0.454 e. The van der Waals surface area contributed by atoms with E-state index >= 15 is 0 Å². The standard InChI is InChI=1S/C15H11ClINO3/c1-8-2-3-10(6-12(8)17)18-15(19)9-4-11(16)14-13(5-9)20-7-21-14/h2-6H,7H2,1H3,(H,18,19). The van der Waals surface area contributed by atoms with Gasteiger partial charge in [-0.15, -0.1) is 0 Å². The fourth-order valence-corrected chi connectivity index (χ4v) is 2.75. The van der Waals surface area contributed by atoms with Crippen LogP contribution in [0.2, 0.25) is 5.02 Å². The van der Waals surface area contributed by atoms with Crippen molar-refractivity contribution in [3.05, 3.63) is 50.1 Å². The molecule has 108 valence electrons. The van der Waals surface area contributed by atoms with Crippen LogP contribution in [-0.2, 0) is 0 Å². The molecule has 0 saturated carbocycles. The van der Waals surface area contributed by atoms with Gasteiger partial charge in [-0.1, -0.05) is 17.7 Å². The highest BCUT2D eigenvalue weighted by atomic mass is 127. The van der Waals surface area contributed by atoms with Crippen LogP contribution < -0.4 is 14.8 Å². The van der Waals surface area contributed by atoms with Crippen molar-refractivity contribution in [3.8, 4) is 11.5 Å². The van der Waals surface area contributed by atoms with Gasteiger partial charge >= 0.3 is 0 Å². The third-order valence-electron chi connectivity index (χ3n) is 3.12. The molecule has 21 heavy (non-hydrogen) atoms. The maximum atomic E-state index is 12.3. The molecule has 3 rings (SSSR count). The molecule has 1 heterocycles. The van der Waals surface area contributed by atoms with Gasteiger partial charge in [-0.05, 0) is 59.3 Å². The normalized spacial score (nSPS) is 12.3. The first kappa shape index (κ1) is 14.5. The molecule has 0 bridgehead atoms. The Balaban J connectivity index is 1.85. The lowest BCUT2D eigenvalue weighted by Crippen LogP contribution is -2.12. The van der Waals surface area contributed by atoms with Gasteiger partial charge in [0.15, 0.2) is 11.5 Å². The summed E-state index contributed by atoms with van der Waals surface area (Å²) >= 11 is 8.31. The van der Waals surface area contributed by atoms with Crippen LogP contribution in [0.3, 0.4) is 0 Å². The second-order valence-corrected chi connectivity index (χ2v) is 6.18. The molecule has 1 N–H and O–H groups in total. The third kappa shape index (κ3) is 2.94. The van der Waals surface area contributed by atoms with Gasteiger partial charge in [-0.25, -0.2) is 0 Å². The Hall–Kier alpha value is -1.47. The number of rotatable bonds is 2. The molecule has 1 aliphatic heterocycles. The molecule has 4 nitrogen and oxygen atoms in total. The maximum Gasteiger partial charge on any atom is 0.255 e. The minimum absolute atomic E-state index is 0.121. The smallest absolute Gasteiger partial charge is 0.255 e. The molecule has 0 unspecified atom stereocenters. The van der Waals surface area contributed by atoms with Gasteiger partial charge in [-0.3, -0.25) is 4.79 Å². The summed E-state index contributed by atoms with van der Waals surface area (Å²) in [6.07, 6.45) is 0. The second-order valence-electron chi connectivity index (χ2n) is 4.61. The Bertz CT molecular complexity index is 733. The first-order chi connectivity index (χ1) is 10.0. The number of hydrogen-bond donors (Lipinski definition) is 1. The molecule has 0 spiro atoms. The van der Waals surface area contributed by atoms with Crippen LogP contribution in [0, 0.1) is 10.5 Å². The Morgan fingerprint density at radius 2 is 2.10 bits per heavy atom. The number of anilines is 1. The molecule has 0 aromatic heterocycles. The van der Waals surface area contributed by atoms with Crippen LogP contribution in [0.4, 0.5) is 5.69 Å². The lowest BCUT2D eigenvalue weighted by molar-refractivity contribution is 0.102.